The zero-order valence-electron chi connectivity index (χ0n) is 21.4. The van der Waals surface area contributed by atoms with E-state index < -0.39 is 5.54 Å². The molecule has 4 heterocycles. The van der Waals surface area contributed by atoms with Crippen LogP contribution in [0.5, 0.6) is 0 Å². The molecule has 2 aliphatic heterocycles. The molecule has 1 unspecified atom stereocenters. The number of fused-ring (bicyclic) bond motifs is 1. The maximum Gasteiger partial charge on any atom is 0.246 e. The van der Waals surface area contributed by atoms with Gasteiger partial charge in [0.25, 0.3) is 0 Å². The molecule has 0 aliphatic carbocycles. The van der Waals surface area contributed by atoms with Crippen molar-refractivity contribution in [3.63, 3.8) is 0 Å². The Bertz CT molecular complexity index is 1400. The molecule has 12 heteroatoms. The number of imidazole rings is 1. The molecule has 4 N–H and O–H groups in total. The molecule has 0 saturated carbocycles. The highest BCUT2D eigenvalue weighted by atomic mass is 19.1. The molecule has 2 amide bonds. The number of carbonyl (C=O) groups excluding carboxylic acids is 2. The minimum absolute atomic E-state index is 0.127. The molecule has 38 heavy (non-hydrogen) atoms. The molecular weight excluding hydrogens is 489 g/mol. The van der Waals surface area contributed by atoms with E-state index in [-0.39, 0.29) is 23.4 Å². The molecular formula is C26H32FN9O2. The third-order valence-electron chi connectivity index (χ3n) is 7.58. The lowest BCUT2D eigenvalue weighted by molar-refractivity contribution is -0.141. The number of carbonyl (C=O) groups is 2. The summed E-state index contributed by atoms with van der Waals surface area (Å²) in [4.78, 5) is 43.5. The Kier molecular flexibility index (Phi) is 6.74. The fourth-order valence-corrected chi connectivity index (χ4v) is 5.48. The standard InChI is InChI=1S/C26H32FN9O2/c1-3-17-18(13-36-16-32-22-23(28)30-15-31-24(22)36)20(6-5-19(17)27)35-8-7-26(29,14-35)25(38)34-11-9-33(10-12-34)21(37)4-2/h4-6,15-16H,2-3,7-14,29H2,1H3,(H2,28,30,31). The van der Waals surface area contributed by atoms with Crippen LogP contribution >= 0.6 is 0 Å². The van der Waals surface area contributed by atoms with Crippen LogP contribution in [0, 0.1) is 5.82 Å². The van der Waals surface area contributed by atoms with Crippen molar-refractivity contribution in [2.45, 2.75) is 31.8 Å². The molecule has 200 valence electrons. The predicted octanol–water partition coefficient (Wildman–Crippen LogP) is 0.923. The second-order valence-corrected chi connectivity index (χ2v) is 9.83. The zero-order valence-corrected chi connectivity index (χ0v) is 21.4. The summed E-state index contributed by atoms with van der Waals surface area (Å²) in [7, 11) is 0. The molecule has 5 rings (SSSR count). The van der Waals surface area contributed by atoms with Gasteiger partial charge in [0.05, 0.1) is 12.9 Å². The van der Waals surface area contributed by atoms with Crippen LogP contribution in [0.25, 0.3) is 11.2 Å². The van der Waals surface area contributed by atoms with Crippen molar-refractivity contribution in [2.75, 3.05) is 49.9 Å². The van der Waals surface area contributed by atoms with Crippen LogP contribution in [0.15, 0.2) is 37.4 Å². The van der Waals surface area contributed by atoms with Gasteiger partial charge in [0, 0.05) is 50.5 Å². The van der Waals surface area contributed by atoms with Crippen molar-refractivity contribution < 1.29 is 14.0 Å². The Labute approximate surface area is 219 Å². The van der Waals surface area contributed by atoms with E-state index >= 15 is 0 Å². The molecule has 3 aromatic rings. The van der Waals surface area contributed by atoms with Gasteiger partial charge in [-0.25, -0.2) is 19.3 Å². The highest BCUT2D eigenvalue weighted by Crippen LogP contribution is 2.34. The number of rotatable bonds is 6. The van der Waals surface area contributed by atoms with Crippen LogP contribution < -0.4 is 16.4 Å². The Hall–Kier alpha value is -4.06. The van der Waals surface area contributed by atoms with Gasteiger partial charge < -0.3 is 30.7 Å². The lowest BCUT2D eigenvalue weighted by Gasteiger charge is -2.38. The Morgan fingerprint density at radius 3 is 2.55 bits per heavy atom. The topological polar surface area (TPSA) is 140 Å². The molecule has 1 atom stereocenters. The van der Waals surface area contributed by atoms with Gasteiger partial charge >= 0.3 is 0 Å². The second-order valence-electron chi connectivity index (χ2n) is 9.83. The van der Waals surface area contributed by atoms with Crippen molar-refractivity contribution >= 4 is 34.5 Å². The molecule has 0 bridgehead atoms. The van der Waals surface area contributed by atoms with Crippen LogP contribution in [0.4, 0.5) is 15.9 Å². The Morgan fingerprint density at radius 1 is 1.11 bits per heavy atom. The number of nitrogens with two attached hydrogens (primary N) is 2. The summed E-state index contributed by atoms with van der Waals surface area (Å²) in [5.74, 6) is -0.268. The number of halogens is 1. The SMILES string of the molecule is C=CC(=O)N1CCN(C(=O)C2(N)CCN(c3ccc(F)c(CC)c3Cn3cnc4c(N)ncnc43)C2)CC1. The second kappa shape index (κ2) is 10.0. The quantitative estimate of drug-likeness (QED) is 0.457. The first-order chi connectivity index (χ1) is 18.3. The summed E-state index contributed by atoms with van der Waals surface area (Å²) in [5.41, 5.74) is 14.9. The Morgan fingerprint density at radius 2 is 1.84 bits per heavy atom. The molecule has 0 spiro atoms. The number of hydrogen-bond donors (Lipinski definition) is 2. The molecule has 11 nitrogen and oxygen atoms in total. The lowest BCUT2D eigenvalue weighted by Crippen LogP contribution is -2.61. The summed E-state index contributed by atoms with van der Waals surface area (Å²) in [6, 6.07) is 3.22. The molecule has 2 saturated heterocycles. The van der Waals surface area contributed by atoms with E-state index in [1.54, 1.807) is 22.2 Å². The normalized spacial score (nSPS) is 19.8. The van der Waals surface area contributed by atoms with Gasteiger partial charge in [-0.1, -0.05) is 13.5 Å². The average Bonchev–Trinajstić information content (AvgIpc) is 3.53. The van der Waals surface area contributed by atoms with E-state index in [2.05, 4.69) is 26.4 Å². The third-order valence-corrected chi connectivity index (χ3v) is 7.58. The van der Waals surface area contributed by atoms with Gasteiger partial charge in [-0.3, -0.25) is 9.59 Å². The van der Waals surface area contributed by atoms with E-state index in [1.807, 2.05) is 11.5 Å². The van der Waals surface area contributed by atoms with Gasteiger partial charge in [-0.15, -0.1) is 0 Å². The molecule has 2 aromatic heterocycles. The van der Waals surface area contributed by atoms with Crippen molar-refractivity contribution in [2.24, 2.45) is 5.73 Å². The zero-order chi connectivity index (χ0) is 27.0. The first-order valence-electron chi connectivity index (χ1n) is 12.7. The summed E-state index contributed by atoms with van der Waals surface area (Å²) in [6.07, 6.45) is 5.25. The monoisotopic (exact) mass is 521 g/mol. The number of nitrogen functional groups attached to an aromatic ring is 1. The maximum absolute atomic E-state index is 15.0. The Balaban J connectivity index is 1.39. The lowest BCUT2D eigenvalue weighted by atomic mass is 9.97. The van der Waals surface area contributed by atoms with Crippen LogP contribution in [0.2, 0.25) is 0 Å². The number of benzene rings is 1. The number of nitrogens with zero attached hydrogens (tertiary/aromatic N) is 7. The van der Waals surface area contributed by atoms with E-state index in [0.717, 1.165) is 11.3 Å². The molecule has 2 aliphatic rings. The summed E-state index contributed by atoms with van der Waals surface area (Å²) < 4.78 is 16.8. The van der Waals surface area contributed by atoms with Gasteiger partial charge in [0.2, 0.25) is 11.8 Å². The number of aromatic nitrogens is 4. The summed E-state index contributed by atoms with van der Waals surface area (Å²) >= 11 is 0. The number of piperazine rings is 1. The fraction of sp³-hybridized carbons (Fsp3) is 0.423. The minimum Gasteiger partial charge on any atom is -0.382 e. The first-order valence-corrected chi connectivity index (χ1v) is 12.7. The van der Waals surface area contributed by atoms with Crippen LogP contribution in [-0.2, 0) is 22.6 Å². The number of anilines is 2. The van der Waals surface area contributed by atoms with E-state index in [4.69, 9.17) is 11.5 Å². The highest BCUT2D eigenvalue weighted by molar-refractivity contribution is 5.89. The van der Waals surface area contributed by atoms with Crippen LogP contribution in [-0.4, -0.2) is 85.9 Å². The van der Waals surface area contributed by atoms with E-state index in [1.165, 1.54) is 18.5 Å². The van der Waals surface area contributed by atoms with Gasteiger partial charge in [0.15, 0.2) is 11.5 Å². The largest absolute Gasteiger partial charge is 0.382 e. The predicted molar refractivity (Wildman–Crippen MR) is 142 cm³/mol. The highest BCUT2D eigenvalue weighted by Gasteiger charge is 2.44. The van der Waals surface area contributed by atoms with Crippen molar-refractivity contribution in [1.29, 1.82) is 0 Å². The summed E-state index contributed by atoms with van der Waals surface area (Å²) in [5, 5.41) is 0. The van der Waals surface area contributed by atoms with Crippen LogP contribution in [0.3, 0.4) is 0 Å². The smallest absolute Gasteiger partial charge is 0.246 e. The van der Waals surface area contributed by atoms with Crippen LogP contribution in [0.1, 0.15) is 24.5 Å². The molecule has 0 radical (unpaired) electrons. The van der Waals surface area contributed by atoms with Crippen molar-refractivity contribution in [3.8, 4) is 0 Å². The fourth-order valence-electron chi connectivity index (χ4n) is 5.48. The third kappa shape index (κ3) is 4.44. The van der Waals surface area contributed by atoms with Crippen molar-refractivity contribution in [1.82, 2.24) is 29.3 Å². The maximum atomic E-state index is 15.0. The average molecular weight is 522 g/mol. The first kappa shape index (κ1) is 25.6. The van der Waals surface area contributed by atoms with Crippen molar-refractivity contribution in [3.05, 3.63) is 54.4 Å². The number of hydrogen-bond acceptors (Lipinski definition) is 8. The van der Waals surface area contributed by atoms with Gasteiger partial charge in [-0.05, 0) is 36.6 Å². The molecule has 2 fully saturated rings. The van der Waals surface area contributed by atoms with Gasteiger partial charge in [-0.2, -0.15) is 0 Å². The molecule has 1 aromatic carbocycles. The summed E-state index contributed by atoms with van der Waals surface area (Å²) in [6.45, 7) is 8.38. The van der Waals surface area contributed by atoms with E-state index in [0.29, 0.717) is 75.4 Å². The minimum atomic E-state index is -1.08. The number of amides is 2. The van der Waals surface area contributed by atoms with Gasteiger partial charge in [0.1, 0.15) is 23.2 Å². The van der Waals surface area contributed by atoms with E-state index in [9.17, 15) is 14.0 Å².